The Morgan fingerprint density at radius 2 is 2.32 bits per heavy atom. The lowest BCUT2D eigenvalue weighted by Gasteiger charge is -2.36. The van der Waals surface area contributed by atoms with Gasteiger partial charge < -0.3 is 10.5 Å². The van der Waals surface area contributed by atoms with Crippen molar-refractivity contribution in [1.82, 2.24) is 14.7 Å². The van der Waals surface area contributed by atoms with Crippen LogP contribution in [0, 0.1) is 6.92 Å². The molecule has 0 aromatic carbocycles. The van der Waals surface area contributed by atoms with Crippen molar-refractivity contribution in [1.29, 1.82) is 0 Å². The molecule has 2 rings (SSSR count). The molecule has 0 radical (unpaired) electrons. The Kier molecular flexibility index (Phi) is 4.76. The molecular weight excluding hydrogens is 260 g/mol. The van der Waals surface area contributed by atoms with E-state index in [1.54, 1.807) is 11.8 Å². The summed E-state index contributed by atoms with van der Waals surface area (Å²) in [6.07, 6.45) is 0. The Labute approximate surface area is 119 Å². The zero-order valence-corrected chi connectivity index (χ0v) is 13.0. The highest BCUT2D eigenvalue weighted by Crippen LogP contribution is 2.33. The molecule has 0 aliphatic carbocycles. The number of aromatic nitrogens is 2. The summed E-state index contributed by atoms with van der Waals surface area (Å²) >= 11 is 2.03. The third-order valence-corrected chi connectivity index (χ3v) is 4.81. The smallest absolute Gasteiger partial charge is 0.216 e. The van der Waals surface area contributed by atoms with Crippen LogP contribution in [0.15, 0.2) is 0 Å². The molecule has 1 aliphatic rings. The average molecular weight is 284 g/mol. The fourth-order valence-electron chi connectivity index (χ4n) is 2.86. The van der Waals surface area contributed by atoms with Gasteiger partial charge in [-0.25, -0.2) is 4.68 Å². The van der Waals surface area contributed by atoms with Gasteiger partial charge in [0.15, 0.2) is 0 Å². The normalized spacial score (nSPS) is 22.5. The van der Waals surface area contributed by atoms with Gasteiger partial charge in [0.1, 0.15) is 0 Å². The van der Waals surface area contributed by atoms with E-state index in [1.807, 2.05) is 25.7 Å². The minimum absolute atomic E-state index is 0.201. The maximum Gasteiger partial charge on any atom is 0.216 e. The van der Waals surface area contributed by atoms with E-state index < -0.39 is 0 Å². The van der Waals surface area contributed by atoms with Gasteiger partial charge in [0, 0.05) is 37.7 Å². The molecule has 19 heavy (non-hydrogen) atoms. The molecule has 1 aromatic rings. The van der Waals surface area contributed by atoms with Crippen LogP contribution in [0.3, 0.4) is 0 Å². The zero-order valence-electron chi connectivity index (χ0n) is 12.2. The van der Waals surface area contributed by atoms with Crippen molar-refractivity contribution >= 4 is 11.8 Å². The van der Waals surface area contributed by atoms with E-state index in [9.17, 15) is 0 Å². The summed E-state index contributed by atoms with van der Waals surface area (Å²) in [6, 6.07) is 0.201. The fraction of sp³-hybridized carbons (Fsp3) is 0.769. The predicted molar refractivity (Wildman–Crippen MR) is 79.8 cm³/mol. The average Bonchev–Trinajstić information content (AvgIpc) is 2.65. The lowest BCUT2D eigenvalue weighted by Crippen LogP contribution is -2.42. The van der Waals surface area contributed by atoms with Crippen LogP contribution in [0.5, 0.6) is 5.88 Å². The largest absolute Gasteiger partial charge is 0.481 e. The molecule has 6 heteroatoms. The third-order valence-electron chi connectivity index (χ3n) is 3.68. The molecule has 0 spiro atoms. The van der Waals surface area contributed by atoms with Crippen LogP contribution in [0.25, 0.3) is 0 Å². The number of ether oxygens (including phenoxy) is 1. The van der Waals surface area contributed by atoms with Gasteiger partial charge in [-0.2, -0.15) is 16.9 Å². The Bertz CT molecular complexity index is 435. The first-order valence-electron chi connectivity index (χ1n) is 6.71. The summed E-state index contributed by atoms with van der Waals surface area (Å²) in [7, 11) is 3.61. The summed E-state index contributed by atoms with van der Waals surface area (Å²) in [6.45, 7) is 7.05. The number of rotatable bonds is 4. The Balaban J connectivity index is 2.31. The second kappa shape index (κ2) is 6.15. The minimum atomic E-state index is 0.201. The Hall–Kier alpha value is -0.720. The summed E-state index contributed by atoms with van der Waals surface area (Å²) < 4.78 is 7.31. The van der Waals surface area contributed by atoms with Crippen molar-refractivity contribution in [3.05, 3.63) is 11.3 Å². The second-order valence-electron chi connectivity index (χ2n) is 5.06. The summed E-state index contributed by atoms with van der Waals surface area (Å²) in [5, 5.41) is 5.13. The molecule has 2 unspecified atom stereocenters. The van der Waals surface area contributed by atoms with Crippen LogP contribution in [-0.4, -0.2) is 52.4 Å². The van der Waals surface area contributed by atoms with Gasteiger partial charge in [-0.05, 0) is 6.92 Å². The summed E-state index contributed by atoms with van der Waals surface area (Å²) in [4.78, 5) is 2.47. The molecule has 2 N–H and O–H groups in total. The van der Waals surface area contributed by atoms with E-state index in [1.165, 1.54) is 5.75 Å². The number of nitrogens with two attached hydrogens (primary N) is 1. The van der Waals surface area contributed by atoms with Gasteiger partial charge in [-0.1, -0.05) is 6.92 Å². The first-order valence-corrected chi connectivity index (χ1v) is 7.76. The quantitative estimate of drug-likeness (QED) is 0.899. The van der Waals surface area contributed by atoms with Crippen molar-refractivity contribution in [3.63, 3.8) is 0 Å². The van der Waals surface area contributed by atoms with Crippen molar-refractivity contribution < 1.29 is 4.74 Å². The van der Waals surface area contributed by atoms with Crippen molar-refractivity contribution in [2.75, 3.05) is 32.5 Å². The van der Waals surface area contributed by atoms with Gasteiger partial charge >= 0.3 is 0 Å². The van der Waals surface area contributed by atoms with E-state index in [2.05, 4.69) is 16.9 Å². The van der Waals surface area contributed by atoms with Gasteiger partial charge in [0.25, 0.3) is 0 Å². The van der Waals surface area contributed by atoms with E-state index >= 15 is 0 Å². The molecule has 1 aromatic heterocycles. The van der Waals surface area contributed by atoms with E-state index in [4.69, 9.17) is 10.5 Å². The zero-order chi connectivity index (χ0) is 14.0. The maximum absolute atomic E-state index is 6.04. The SMILES string of the molecule is COc1c(C(CN)N2CCSC(C)C2)c(C)nn1C. The van der Waals surface area contributed by atoms with E-state index in [0.717, 1.165) is 30.2 Å². The number of nitrogens with zero attached hydrogens (tertiary/aromatic N) is 3. The molecule has 0 amide bonds. The van der Waals surface area contributed by atoms with Crippen molar-refractivity contribution in [2.45, 2.75) is 25.1 Å². The van der Waals surface area contributed by atoms with Gasteiger partial charge in [-0.15, -0.1) is 0 Å². The number of thioether (sulfide) groups is 1. The highest BCUT2D eigenvalue weighted by molar-refractivity contribution is 7.99. The maximum atomic E-state index is 6.04. The van der Waals surface area contributed by atoms with Crippen molar-refractivity contribution in [3.8, 4) is 5.88 Å². The minimum Gasteiger partial charge on any atom is -0.481 e. The molecule has 1 fully saturated rings. The standard InChI is InChI=1S/C13H24N4OS/c1-9-8-17(5-6-19-9)11(7-14)12-10(2)15-16(3)13(12)18-4/h9,11H,5-8,14H2,1-4H3. The Morgan fingerprint density at radius 1 is 1.58 bits per heavy atom. The lowest BCUT2D eigenvalue weighted by atomic mass is 10.1. The molecule has 0 bridgehead atoms. The van der Waals surface area contributed by atoms with Gasteiger partial charge in [0.05, 0.1) is 24.4 Å². The van der Waals surface area contributed by atoms with Crippen molar-refractivity contribution in [2.24, 2.45) is 12.8 Å². The monoisotopic (exact) mass is 284 g/mol. The molecule has 1 saturated heterocycles. The van der Waals surface area contributed by atoms with Crippen LogP contribution < -0.4 is 10.5 Å². The molecule has 5 nitrogen and oxygen atoms in total. The number of hydrogen-bond donors (Lipinski definition) is 1. The number of hydrogen-bond acceptors (Lipinski definition) is 5. The Morgan fingerprint density at radius 3 is 2.89 bits per heavy atom. The molecule has 1 aliphatic heterocycles. The predicted octanol–water partition coefficient (Wildman–Crippen LogP) is 1.17. The van der Waals surface area contributed by atoms with Crippen LogP contribution in [0.2, 0.25) is 0 Å². The second-order valence-corrected chi connectivity index (χ2v) is 6.61. The first-order chi connectivity index (χ1) is 9.08. The van der Waals surface area contributed by atoms with Crippen LogP contribution in [-0.2, 0) is 7.05 Å². The lowest BCUT2D eigenvalue weighted by molar-refractivity contribution is 0.205. The van der Waals surface area contributed by atoms with Gasteiger partial charge in [-0.3, -0.25) is 4.90 Å². The van der Waals surface area contributed by atoms with Crippen LogP contribution in [0.4, 0.5) is 0 Å². The van der Waals surface area contributed by atoms with Gasteiger partial charge in [0.2, 0.25) is 5.88 Å². The number of aryl methyl sites for hydroxylation is 2. The van der Waals surface area contributed by atoms with E-state index in [0.29, 0.717) is 11.8 Å². The van der Waals surface area contributed by atoms with Crippen LogP contribution in [0.1, 0.15) is 24.2 Å². The fourth-order valence-corrected chi connectivity index (χ4v) is 3.90. The summed E-state index contributed by atoms with van der Waals surface area (Å²) in [5.41, 5.74) is 8.20. The first kappa shape index (κ1) is 14.7. The third kappa shape index (κ3) is 2.90. The molecule has 0 saturated carbocycles. The topological polar surface area (TPSA) is 56.3 Å². The molecule has 108 valence electrons. The van der Waals surface area contributed by atoms with E-state index in [-0.39, 0.29) is 6.04 Å². The molecule has 2 atom stereocenters. The summed E-state index contributed by atoms with van der Waals surface area (Å²) in [5.74, 6) is 2.00. The highest BCUT2D eigenvalue weighted by atomic mass is 32.2. The number of methoxy groups -OCH3 is 1. The molecular formula is C13H24N4OS. The molecule has 2 heterocycles. The van der Waals surface area contributed by atoms with Crippen LogP contribution >= 0.6 is 11.8 Å². The highest BCUT2D eigenvalue weighted by Gasteiger charge is 2.30.